The Kier molecular flexibility index (Phi) is 6.73. The van der Waals surface area contributed by atoms with E-state index >= 15 is 0 Å². The highest BCUT2D eigenvalue weighted by molar-refractivity contribution is 6.31. The van der Waals surface area contributed by atoms with Crippen molar-refractivity contribution in [3.8, 4) is 5.75 Å². The first kappa shape index (κ1) is 20.6. The van der Waals surface area contributed by atoms with Gasteiger partial charge in [0.2, 0.25) is 0 Å². The molecule has 2 saturated heterocycles. The molecule has 29 heavy (non-hydrogen) atoms. The van der Waals surface area contributed by atoms with E-state index in [1.807, 2.05) is 24.3 Å². The second-order valence-electron chi connectivity index (χ2n) is 7.77. The zero-order chi connectivity index (χ0) is 20.2. The molecule has 0 amide bonds. The second kappa shape index (κ2) is 9.45. The van der Waals surface area contributed by atoms with Crippen LogP contribution in [0.5, 0.6) is 5.75 Å². The van der Waals surface area contributed by atoms with Crippen LogP contribution in [0.4, 0.5) is 0 Å². The summed E-state index contributed by atoms with van der Waals surface area (Å²) >= 11 is 6.45. The lowest BCUT2D eigenvalue weighted by Gasteiger charge is -2.33. The van der Waals surface area contributed by atoms with Crippen LogP contribution in [-0.4, -0.2) is 48.3 Å². The predicted octanol–water partition coefficient (Wildman–Crippen LogP) is 3.67. The Hall–Kier alpha value is -1.63. The Morgan fingerprint density at radius 1 is 1.07 bits per heavy atom. The van der Waals surface area contributed by atoms with Gasteiger partial charge in [0.25, 0.3) is 0 Å². The van der Waals surface area contributed by atoms with E-state index in [2.05, 4.69) is 18.2 Å². The van der Waals surface area contributed by atoms with Crippen molar-refractivity contribution in [2.24, 2.45) is 0 Å². The Morgan fingerprint density at radius 2 is 1.90 bits per heavy atom. The molecule has 0 unspecified atom stereocenters. The lowest BCUT2D eigenvalue weighted by atomic mass is 9.94. The van der Waals surface area contributed by atoms with Gasteiger partial charge in [0, 0.05) is 11.4 Å². The molecule has 2 N–H and O–H groups in total. The minimum atomic E-state index is -0.612. The van der Waals surface area contributed by atoms with E-state index in [0.717, 1.165) is 41.9 Å². The lowest BCUT2D eigenvalue weighted by Crippen LogP contribution is -2.38. The molecule has 0 aromatic heterocycles. The van der Waals surface area contributed by atoms with Crippen molar-refractivity contribution in [2.75, 3.05) is 19.8 Å². The van der Waals surface area contributed by atoms with Crippen LogP contribution in [0.25, 0.3) is 0 Å². The zero-order valence-corrected chi connectivity index (χ0v) is 17.1. The number of benzene rings is 2. The number of aliphatic hydroxyl groups excluding tert-OH is 2. The van der Waals surface area contributed by atoms with Crippen LogP contribution >= 0.6 is 11.6 Å². The van der Waals surface area contributed by atoms with Crippen molar-refractivity contribution in [3.05, 3.63) is 64.2 Å². The first-order valence-electron chi connectivity index (χ1n) is 10.2. The smallest absolute Gasteiger partial charge is 0.124 e. The van der Waals surface area contributed by atoms with Gasteiger partial charge in [0.15, 0.2) is 0 Å². The fourth-order valence-corrected chi connectivity index (χ4v) is 4.11. The van der Waals surface area contributed by atoms with E-state index in [1.165, 1.54) is 0 Å². The summed E-state index contributed by atoms with van der Waals surface area (Å²) in [5, 5.41) is 20.0. The Balaban J connectivity index is 1.44. The molecule has 4 atom stereocenters. The second-order valence-corrected chi connectivity index (χ2v) is 8.17. The molecule has 2 aromatic rings. The quantitative estimate of drug-likeness (QED) is 0.749. The van der Waals surface area contributed by atoms with Gasteiger partial charge in [-0.2, -0.15) is 0 Å². The number of hydrogen-bond acceptors (Lipinski definition) is 5. The topological polar surface area (TPSA) is 68.2 Å². The van der Waals surface area contributed by atoms with Crippen molar-refractivity contribution >= 4 is 11.6 Å². The molecule has 4 rings (SSSR count). The molecule has 6 heteroatoms. The molecule has 0 aliphatic carbocycles. The lowest BCUT2D eigenvalue weighted by molar-refractivity contribution is -0.135. The van der Waals surface area contributed by atoms with Gasteiger partial charge < -0.3 is 24.4 Å². The van der Waals surface area contributed by atoms with Gasteiger partial charge in [-0.1, -0.05) is 35.9 Å². The van der Waals surface area contributed by atoms with Crippen LogP contribution in [0.3, 0.4) is 0 Å². The molecule has 2 fully saturated rings. The van der Waals surface area contributed by atoms with Crippen LogP contribution in [0.15, 0.2) is 42.5 Å². The highest BCUT2D eigenvalue weighted by Gasteiger charge is 2.30. The summed E-state index contributed by atoms with van der Waals surface area (Å²) < 4.78 is 17.2. The van der Waals surface area contributed by atoms with E-state index in [1.54, 1.807) is 0 Å². The molecule has 2 aliphatic heterocycles. The van der Waals surface area contributed by atoms with Crippen LogP contribution in [-0.2, 0) is 15.9 Å². The molecule has 2 heterocycles. The minimum Gasteiger partial charge on any atom is -0.488 e. The summed E-state index contributed by atoms with van der Waals surface area (Å²) in [4.78, 5) is 0. The van der Waals surface area contributed by atoms with Gasteiger partial charge in [-0.15, -0.1) is 0 Å². The zero-order valence-electron chi connectivity index (χ0n) is 16.3. The molecule has 0 saturated carbocycles. The standard InChI is InChI=1S/C23H27ClO5/c24-20-6-3-16(22-8-7-21(26)23(13-25)29-22)12-17(20)11-15-1-4-18(5-2-15)28-19-9-10-27-14-19/h1-6,12,19,21-23,25-26H,7-11,13-14H2/t19-,21-,22+,23+/m0/s1. The molecular weight excluding hydrogens is 392 g/mol. The fourth-order valence-electron chi connectivity index (χ4n) is 3.92. The molecular formula is C23H27ClO5. The predicted molar refractivity (Wildman–Crippen MR) is 110 cm³/mol. The van der Waals surface area contributed by atoms with Crippen LogP contribution < -0.4 is 4.74 Å². The van der Waals surface area contributed by atoms with Gasteiger partial charge >= 0.3 is 0 Å². The third-order valence-corrected chi connectivity index (χ3v) is 5.99. The van der Waals surface area contributed by atoms with Crippen molar-refractivity contribution in [1.29, 1.82) is 0 Å². The average Bonchev–Trinajstić information content (AvgIpc) is 3.24. The van der Waals surface area contributed by atoms with Crippen LogP contribution in [0.1, 0.15) is 42.1 Å². The third-order valence-electron chi connectivity index (χ3n) is 5.62. The van der Waals surface area contributed by atoms with Gasteiger partial charge in [-0.3, -0.25) is 0 Å². The third kappa shape index (κ3) is 5.11. The first-order chi connectivity index (χ1) is 14.1. The summed E-state index contributed by atoms with van der Waals surface area (Å²) in [5.74, 6) is 0.855. The number of halogens is 1. The van der Waals surface area contributed by atoms with Crippen molar-refractivity contribution < 1.29 is 24.4 Å². The molecule has 5 nitrogen and oxygen atoms in total. The van der Waals surface area contributed by atoms with E-state index < -0.39 is 12.2 Å². The number of hydrogen-bond donors (Lipinski definition) is 2. The summed E-state index contributed by atoms with van der Waals surface area (Å²) in [6.07, 6.45) is 1.82. The number of aliphatic hydroxyl groups is 2. The van der Waals surface area contributed by atoms with Gasteiger partial charge in [-0.05, 0) is 54.2 Å². The van der Waals surface area contributed by atoms with Gasteiger partial charge in [-0.25, -0.2) is 0 Å². The molecule has 2 aromatic carbocycles. The maximum absolute atomic E-state index is 9.92. The van der Waals surface area contributed by atoms with Crippen molar-refractivity contribution in [2.45, 2.75) is 50.1 Å². The Morgan fingerprint density at radius 3 is 2.62 bits per heavy atom. The summed E-state index contributed by atoms with van der Waals surface area (Å²) in [6.45, 7) is 1.24. The molecule has 0 radical (unpaired) electrons. The largest absolute Gasteiger partial charge is 0.488 e. The molecule has 156 valence electrons. The van der Waals surface area contributed by atoms with Crippen molar-refractivity contribution in [3.63, 3.8) is 0 Å². The maximum atomic E-state index is 9.92. The SMILES string of the molecule is OC[C@H]1O[C@@H](c2ccc(Cl)c(Cc3ccc(O[C@H]4CCOC4)cc3)c2)CC[C@@H]1O. The summed E-state index contributed by atoms with van der Waals surface area (Å²) in [6, 6.07) is 14.0. The molecule has 0 bridgehead atoms. The average molecular weight is 419 g/mol. The Bertz CT molecular complexity index is 803. The normalized spacial score (nSPS) is 27.1. The van der Waals surface area contributed by atoms with E-state index in [-0.39, 0.29) is 18.8 Å². The highest BCUT2D eigenvalue weighted by atomic mass is 35.5. The molecule has 2 aliphatic rings. The maximum Gasteiger partial charge on any atom is 0.124 e. The first-order valence-corrected chi connectivity index (χ1v) is 10.6. The number of rotatable bonds is 6. The summed E-state index contributed by atoms with van der Waals surface area (Å²) in [7, 11) is 0. The van der Waals surface area contributed by atoms with Crippen molar-refractivity contribution in [1.82, 2.24) is 0 Å². The molecule has 0 spiro atoms. The Labute approximate surface area is 176 Å². The van der Waals surface area contributed by atoms with Gasteiger partial charge in [0.05, 0.1) is 32.0 Å². The fraction of sp³-hybridized carbons (Fsp3) is 0.478. The van der Waals surface area contributed by atoms with Crippen LogP contribution in [0.2, 0.25) is 5.02 Å². The monoisotopic (exact) mass is 418 g/mol. The van der Waals surface area contributed by atoms with Gasteiger partial charge in [0.1, 0.15) is 18.0 Å². The van der Waals surface area contributed by atoms with Crippen LogP contribution in [0, 0.1) is 0 Å². The van der Waals surface area contributed by atoms with E-state index in [0.29, 0.717) is 24.5 Å². The summed E-state index contributed by atoms with van der Waals surface area (Å²) in [5.41, 5.74) is 3.19. The highest BCUT2D eigenvalue weighted by Crippen LogP contribution is 2.33. The minimum absolute atomic E-state index is 0.142. The number of ether oxygens (including phenoxy) is 3. The van der Waals surface area contributed by atoms with E-state index in [9.17, 15) is 10.2 Å². The van der Waals surface area contributed by atoms with E-state index in [4.69, 9.17) is 25.8 Å².